The summed E-state index contributed by atoms with van der Waals surface area (Å²) in [5.41, 5.74) is 3.92. The quantitative estimate of drug-likeness (QED) is 0.784. The number of pyridine rings is 1. The number of Topliss-reactive ketones (excluding diaryl/α,β-unsaturated/α-hetero) is 1. The monoisotopic (exact) mass is 266 g/mol. The molecule has 1 aliphatic heterocycles. The summed E-state index contributed by atoms with van der Waals surface area (Å²) in [6.45, 7) is 4.16. The molecule has 0 saturated heterocycles. The van der Waals surface area contributed by atoms with E-state index in [0.29, 0.717) is 12.1 Å². The maximum absolute atomic E-state index is 12.2. The summed E-state index contributed by atoms with van der Waals surface area (Å²) in [6.07, 6.45) is 1.68. The number of fused-ring (bicyclic) bond motifs is 1. The third kappa shape index (κ3) is 1.90. The molecule has 0 N–H and O–H groups in total. The first-order valence-corrected chi connectivity index (χ1v) is 6.45. The predicted octanol–water partition coefficient (Wildman–Crippen LogP) is 2.43. The molecule has 1 aliphatic rings. The fraction of sp³-hybridized carbons (Fsp3) is 0.188. The molecule has 2 heterocycles. The van der Waals surface area contributed by atoms with Gasteiger partial charge in [0.15, 0.2) is 0 Å². The van der Waals surface area contributed by atoms with E-state index in [4.69, 9.17) is 0 Å². The summed E-state index contributed by atoms with van der Waals surface area (Å²) in [5, 5.41) is 0. The number of benzene rings is 1. The lowest BCUT2D eigenvalue weighted by molar-refractivity contribution is -0.114. The van der Waals surface area contributed by atoms with Crippen LogP contribution in [-0.4, -0.2) is 16.7 Å². The second-order valence-electron chi connectivity index (χ2n) is 5.02. The molecule has 1 aromatic heterocycles. The lowest BCUT2D eigenvalue weighted by Gasteiger charge is -2.18. The van der Waals surface area contributed by atoms with Gasteiger partial charge in [-0.2, -0.15) is 0 Å². The van der Waals surface area contributed by atoms with Gasteiger partial charge in [-0.1, -0.05) is 12.1 Å². The van der Waals surface area contributed by atoms with Crippen molar-refractivity contribution in [1.82, 2.24) is 4.98 Å². The van der Waals surface area contributed by atoms with Crippen molar-refractivity contribution in [1.29, 1.82) is 0 Å². The fourth-order valence-corrected chi connectivity index (χ4v) is 2.64. The lowest BCUT2D eigenvalue weighted by Crippen LogP contribution is -2.29. The van der Waals surface area contributed by atoms with Gasteiger partial charge in [-0.25, -0.2) is 0 Å². The summed E-state index contributed by atoms with van der Waals surface area (Å²) < 4.78 is 0. The second kappa shape index (κ2) is 4.56. The molecule has 100 valence electrons. The highest BCUT2D eigenvalue weighted by Gasteiger charge is 2.37. The SMILES string of the molecule is Cc1cc(C)c2c(c1)C(=O)C(=O)N2Cc1ccccn1. The number of nitrogens with zero attached hydrogens (tertiary/aromatic N) is 2. The van der Waals surface area contributed by atoms with E-state index in [2.05, 4.69) is 4.98 Å². The number of aryl methyl sites for hydroxylation is 2. The van der Waals surface area contributed by atoms with Crippen molar-refractivity contribution < 1.29 is 9.59 Å². The molecule has 1 aromatic carbocycles. The van der Waals surface area contributed by atoms with Crippen LogP contribution >= 0.6 is 0 Å². The van der Waals surface area contributed by atoms with Gasteiger partial charge in [-0.3, -0.25) is 19.5 Å². The fourth-order valence-electron chi connectivity index (χ4n) is 2.64. The molecule has 0 unspecified atom stereocenters. The van der Waals surface area contributed by atoms with Crippen LogP contribution in [0, 0.1) is 13.8 Å². The topological polar surface area (TPSA) is 50.3 Å². The van der Waals surface area contributed by atoms with Crippen LogP contribution in [-0.2, 0) is 11.3 Å². The van der Waals surface area contributed by atoms with Crippen LogP contribution in [0.3, 0.4) is 0 Å². The second-order valence-corrected chi connectivity index (χ2v) is 5.02. The van der Waals surface area contributed by atoms with Crippen LogP contribution in [0.15, 0.2) is 36.5 Å². The largest absolute Gasteiger partial charge is 0.299 e. The first-order chi connectivity index (χ1) is 9.58. The number of hydrogen-bond acceptors (Lipinski definition) is 3. The van der Waals surface area contributed by atoms with Crippen molar-refractivity contribution >= 4 is 17.4 Å². The van der Waals surface area contributed by atoms with Crippen molar-refractivity contribution in [3.05, 3.63) is 58.9 Å². The van der Waals surface area contributed by atoms with E-state index < -0.39 is 11.7 Å². The van der Waals surface area contributed by atoms with E-state index in [9.17, 15) is 9.59 Å². The predicted molar refractivity (Wildman–Crippen MR) is 75.7 cm³/mol. The minimum Gasteiger partial charge on any atom is -0.298 e. The van der Waals surface area contributed by atoms with Crippen LogP contribution in [0.1, 0.15) is 27.2 Å². The highest BCUT2D eigenvalue weighted by molar-refractivity contribution is 6.52. The third-order valence-electron chi connectivity index (χ3n) is 3.45. The molecule has 0 saturated carbocycles. The minimum atomic E-state index is -0.473. The van der Waals surface area contributed by atoms with Gasteiger partial charge in [0.05, 0.1) is 23.5 Å². The Morgan fingerprint density at radius 3 is 2.65 bits per heavy atom. The van der Waals surface area contributed by atoms with Gasteiger partial charge in [0.2, 0.25) is 0 Å². The molecule has 3 rings (SSSR count). The summed E-state index contributed by atoms with van der Waals surface area (Å²) in [5.74, 6) is -0.901. The highest BCUT2D eigenvalue weighted by Crippen LogP contribution is 2.34. The van der Waals surface area contributed by atoms with E-state index in [1.807, 2.05) is 38.1 Å². The van der Waals surface area contributed by atoms with Crippen molar-refractivity contribution in [2.75, 3.05) is 4.90 Å². The lowest BCUT2D eigenvalue weighted by atomic mass is 10.0. The van der Waals surface area contributed by atoms with Crippen LogP contribution in [0.5, 0.6) is 0 Å². The smallest absolute Gasteiger partial charge is 0.298 e. The maximum atomic E-state index is 12.2. The number of ketones is 1. The number of aromatic nitrogens is 1. The Hall–Kier alpha value is -2.49. The summed E-state index contributed by atoms with van der Waals surface area (Å²) >= 11 is 0. The average molecular weight is 266 g/mol. The normalized spacial score (nSPS) is 13.8. The Morgan fingerprint density at radius 2 is 1.95 bits per heavy atom. The highest BCUT2D eigenvalue weighted by atomic mass is 16.2. The number of rotatable bonds is 2. The third-order valence-corrected chi connectivity index (χ3v) is 3.45. The number of carbonyl (C=O) groups excluding carboxylic acids is 2. The zero-order chi connectivity index (χ0) is 14.3. The number of anilines is 1. The van der Waals surface area contributed by atoms with Gasteiger partial charge in [0, 0.05) is 6.20 Å². The molecule has 0 atom stereocenters. The zero-order valence-corrected chi connectivity index (χ0v) is 11.4. The van der Waals surface area contributed by atoms with Gasteiger partial charge in [0.1, 0.15) is 0 Å². The minimum absolute atomic E-state index is 0.322. The Balaban J connectivity index is 2.07. The summed E-state index contributed by atoms with van der Waals surface area (Å²) in [4.78, 5) is 30.0. The molecule has 0 bridgehead atoms. The van der Waals surface area contributed by atoms with Gasteiger partial charge >= 0.3 is 0 Å². The molecule has 1 amide bonds. The Morgan fingerprint density at radius 1 is 1.15 bits per heavy atom. The Labute approximate surface area is 117 Å². The van der Waals surface area contributed by atoms with Gasteiger partial charge < -0.3 is 0 Å². The molecule has 4 nitrogen and oxygen atoms in total. The molecule has 2 aromatic rings. The van der Waals surface area contributed by atoms with Gasteiger partial charge in [-0.05, 0) is 43.2 Å². The Bertz CT molecular complexity index is 708. The molecule has 0 fully saturated rings. The zero-order valence-electron chi connectivity index (χ0n) is 11.4. The van der Waals surface area contributed by atoms with Gasteiger partial charge in [-0.15, -0.1) is 0 Å². The van der Waals surface area contributed by atoms with Crippen molar-refractivity contribution in [3.63, 3.8) is 0 Å². The van der Waals surface area contributed by atoms with E-state index in [1.165, 1.54) is 4.90 Å². The molecule has 20 heavy (non-hydrogen) atoms. The molecule has 0 spiro atoms. The van der Waals surface area contributed by atoms with Gasteiger partial charge in [0.25, 0.3) is 11.7 Å². The molecular formula is C16H14N2O2. The number of amides is 1. The van der Waals surface area contributed by atoms with E-state index in [0.717, 1.165) is 22.5 Å². The molecule has 4 heteroatoms. The van der Waals surface area contributed by atoms with Crippen LogP contribution in [0.4, 0.5) is 5.69 Å². The first-order valence-electron chi connectivity index (χ1n) is 6.45. The van der Waals surface area contributed by atoms with E-state index in [-0.39, 0.29) is 0 Å². The standard InChI is InChI=1S/C16H14N2O2/c1-10-7-11(2)14-13(8-10)15(19)16(20)18(14)9-12-5-3-4-6-17-12/h3-8H,9H2,1-2H3. The van der Waals surface area contributed by atoms with Crippen molar-refractivity contribution in [2.24, 2.45) is 0 Å². The van der Waals surface area contributed by atoms with Crippen LogP contribution in [0.25, 0.3) is 0 Å². The van der Waals surface area contributed by atoms with Crippen LogP contribution < -0.4 is 4.90 Å². The summed E-state index contributed by atoms with van der Waals surface area (Å²) in [7, 11) is 0. The summed E-state index contributed by atoms with van der Waals surface area (Å²) in [6, 6.07) is 9.30. The van der Waals surface area contributed by atoms with E-state index >= 15 is 0 Å². The Kier molecular flexibility index (Phi) is 2.86. The van der Waals surface area contributed by atoms with Crippen molar-refractivity contribution in [2.45, 2.75) is 20.4 Å². The first kappa shape index (κ1) is 12.5. The molecule has 0 aliphatic carbocycles. The molecular weight excluding hydrogens is 252 g/mol. The van der Waals surface area contributed by atoms with E-state index in [1.54, 1.807) is 12.3 Å². The molecule has 0 radical (unpaired) electrons. The van der Waals surface area contributed by atoms with Crippen LogP contribution in [0.2, 0.25) is 0 Å². The van der Waals surface area contributed by atoms with Crippen molar-refractivity contribution in [3.8, 4) is 0 Å². The number of carbonyl (C=O) groups is 2. The number of hydrogen-bond donors (Lipinski definition) is 0. The maximum Gasteiger partial charge on any atom is 0.299 e. The average Bonchev–Trinajstić information content (AvgIpc) is 2.65.